The Kier molecular flexibility index (Phi) is 3.41. The second-order valence-corrected chi connectivity index (χ2v) is 4.97. The fourth-order valence-corrected chi connectivity index (χ4v) is 2.39. The summed E-state index contributed by atoms with van der Waals surface area (Å²) >= 11 is 5.95. The average molecular weight is 325 g/mol. The number of halogens is 4. The summed E-state index contributed by atoms with van der Waals surface area (Å²) < 4.78 is 39.7. The molecule has 0 aliphatic carbocycles. The molecule has 0 N–H and O–H groups in total. The molecule has 2 heterocycles. The number of benzene rings is 1. The number of pyridine rings is 2. The van der Waals surface area contributed by atoms with E-state index in [9.17, 15) is 18.0 Å². The molecule has 0 saturated carbocycles. The van der Waals surface area contributed by atoms with Gasteiger partial charge in [-0.15, -0.1) is 0 Å². The number of hydrogen-bond donors (Lipinski definition) is 0. The van der Waals surface area contributed by atoms with E-state index in [-0.39, 0.29) is 16.1 Å². The molecular weight excluding hydrogens is 317 g/mol. The minimum absolute atomic E-state index is 0.0633. The van der Waals surface area contributed by atoms with Gasteiger partial charge in [-0.2, -0.15) is 13.2 Å². The van der Waals surface area contributed by atoms with E-state index in [4.69, 9.17) is 11.6 Å². The summed E-state index contributed by atoms with van der Waals surface area (Å²) in [5, 5.41) is 0.339. The lowest BCUT2D eigenvalue weighted by atomic mass is 10.2. The summed E-state index contributed by atoms with van der Waals surface area (Å²) in [6.45, 7) is 0. The van der Waals surface area contributed by atoms with E-state index in [1.54, 1.807) is 30.3 Å². The smallest absolute Gasteiger partial charge is 0.269 e. The van der Waals surface area contributed by atoms with Crippen LogP contribution in [-0.2, 0) is 6.18 Å². The lowest BCUT2D eigenvalue weighted by Crippen LogP contribution is -2.20. The summed E-state index contributed by atoms with van der Waals surface area (Å²) in [5.41, 5.74) is -1.33. The second kappa shape index (κ2) is 5.14. The highest BCUT2D eigenvalue weighted by Crippen LogP contribution is 2.30. The predicted molar refractivity (Wildman–Crippen MR) is 77.4 cm³/mol. The molecule has 0 spiro atoms. The van der Waals surface area contributed by atoms with Crippen LogP contribution in [0.25, 0.3) is 16.7 Å². The van der Waals surface area contributed by atoms with Gasteiger partial charge in [-0.05, 0) is 24.3 Å². The Balaban J connectivity index is 2.42. The van der Waals surface area contributed by atoms with Crippen LogP contribution < -0.4 is 5.56 Å². The summed E-state index contributed by atoms with van der Waals surface area (Å²) in [6, 6.07) is 11.5. The van der Waals surface area contributed by atoms with Gasteiger partial charge in [0.05, 0.1) is 10.7 Å². The van der Waals surface area contributed by atoms with Gasteiger partial charge in [0.1, 0.15) is 11.3 Å². The summed E-state index contributed by atoms with van der Waals surface area (Å²) in [7, 11) is 0. The standard InChI is InChI=1S/C15H8ClF3N2O/c16-11-8-13(22)21(9-4-2-1-3-5-9)14-10(11)6-7-12(20-14)15(17,18)19/h1-8H. The highest BCUT2D eigenvalue weighted by atomic mass is 35.5. The Morgan fingerprint density at radius 3 is 2.36 bits per heavy atom. The van der Waals surface area contributed by atoms with Crippen molar-refractivity contribution < 1.29 is 13.2 Å². The van der Waals surface area contributed by atoms with E-state index in [2.05, 4.69) is 4.98 Å². The Morgan fingerprint density at radius 1 is 1.05 bits per heavy atom. The number of hydrogen-bond acceptors (Lipinski definition) is 2. The van der Waals surface area contributed by atoms with Gasteiger partial charge in [0.25, 0.3) is 5.56 Å². The largest absolute Gasteiger partial charge is 0.433 e. The molecule has 2 aromatic heterocycles. The molecule has 0 aliphatic rings. The van der Waals surface area contributed by atoms with E-state index in [0.717, 1.165) is 16.7 Å². The van der Waals surface area contributed by atoms with Gasteiger partial charge >= 0.3 is 6.18 Å². The summed E-state index contributed by atoms with van der Waals surface area (Å²) in [6.07, 6.45) is -4.60. The minimum atomic E-state index is -4.60. The lowest BCUT2D eigenvalue weighted by molar-refractivity contribution is -0.141. The average Bonchev–Trinajstić information content (AvgIpc) is 2.47. The SMILES string of the molecule is O=c1cc(Cl)c2ccc(C(F)(F)F)nc2n1-c1ccccc1. The molecule has 0 bridgehead atoms. The first-order chi connectivity index (χ1) is 10.4. The molecule has 1 aromatic carbocycles. The van der Waals surface area contributed by atoms with Crippen molar-refractivity contribution >= 4 is 22.6 Å². The van der Waals surface area contributed by atoms with Crippen LogP contribution in [0.5, 0.6) is 0 Å². The van der Waals surface area contributed by atoms with Gasteiger partial charge in [0.2, 0.25) is 0 Å². The molecule has 0 fully saturated rings. The molecule has 0 aliphatic heterocycles. The zero-order valence-electron chi connectivity index (χ0n) is 10.9. The first kappa shape index (κ1) is 14.6. The maximum atomic E-state index is 12.9. The van der Waals surface area contributed by atoms with Gasteiger partial charge in [-0.1, -0.05) is 29.8 Å². The van der Waals surface area contributed by atoms with Crippen LogP contribution in [0.2, 0.25) is 5.02 Å². The maximum Gasteiger partial charge on any atom is 0.433 e. The Bertz CT molecular complexity index is 904. The first-order valence-electron chi connectivity index (χ1n) is 6.23. The number of aromatic nitrogens is 2. The fraction of sp³-hybridized carbons (Fsp3) is 0.0667. The van der Waals surface area contributed by atoms with E-state index >= 15 is 0 Å². The van der Waals surface area contributed by atoms with Gasteiger partial charge in [-0.25, -0.2) is 4.98 Å². The lowest BCUT2D eigenvalue weighted by Gasteiger charge is -2.12. The molecule has 0 radical (unpaired) electrons. The van der Waals surface area contributed by atoms with Crippen molar-refractivity contribution in [3.63, 3.8) is 0 Å². The number of rotatable bonds is 1. The number of para-hydroxylation sites is 1. The van der Waals surface area contributed by atoms with Crippen molar-refractivity contribution in [2.45, 2.75) is 6.18 Å². The molecule has 3 rings (SSSR count). The van der Waals surface area contributed by atoms with Crippen LogP contribution in [0, 0.1) is 0 Å². The van der Waals surface area contributed by atoms with E-state index in [1.165, 1.54) is 6.07 Å². The van der Waals surface area contributed by atoms with Gasteiger partial charge in [0.15, 0.2) is 0 Å². The summed E-state index contributed by atoms with van der Waals surface area (Å²) in [5.74, 6) is 0. The van der Waals surface area contributed by atoms with E-state index in [1.807, 2.05) is 0 Å². The van der Waals surface area contributed by atoms with Crippen LogP contribution in [0.1, 0.15) is 5.69 Å². The highest BCUT2D eigenvalue weighted by Gasteiger charge is 2.33. The van der Waals surface area contributed by atoms with Crippen molar-refractivity contribution in [1.82, 2.24) is 9.55 Å². The molecule has 0 unspecified atom stereocenters. The molecule has 3 aromatic rings. The van der Waals surface area contributed by atoms with Gasteiger partial charge in [-0.3, -0.25) is 9.36 Å². The van der Waals surface area contributed by atoms with Gasteiger partial charge < -0.3 is 0 Å². The normalized spacial score (nSPS) is 11.8. The predicted octanol–water partition coefficient (Wildman–Crippen LogP) is 4.06. The Morgan fingerprint density at radius 2 is 1.73 bits per heavy atom. The number of nitrogens with zero attached hydrogens (tertiary/aromatic N) is 2. The highest BCUT2D eigenvalue weighted by molar-refractivity contribution is 6.35. The zero-order chi connectivity index (χ0) is 15.9. The van der Waals surface area contributed by atoms with Crippen molar-refractivity contribution in [1.29, 1.82) is 0 Å². The third-order valence-electron chi connectivity index (χ3n) is 3.12. The quantitative estimate of drug-likeness (QED) is 0.676. The monoisotopic (exact) mass is 324 g/mol. The molecular formula is C15H8ClF3N2O. The van der Waals surface area contributed by atoms with Crippen molar-refractivity contribution in [2.24, 2.45) is 0 Å². The third kappa shape index (κ3) is 2.46. The molecule has 112 valence electrons. The van der Waals surface area contributed by atoms with E-state index in [0.29, 0.717) is 5.69 Å². The third-order valence-corrected chi connectivity index (χ3v) is 3.43. The fourth-order valence-electron chi connectivity index (χ4n) is 2.14. The maximum absolute atomic E-state index is 12.9. The van der Waals surface area contributed by atoms with Gasteiger partial charge in [0, 0.05) is 11.5 Å². The Hall–Kier alpha value is -2.34. The zero-order valence-corrected chi connectivity index (χ0v) is 11.7. The first-order valence-corrected chi connectivity index (χ1v) is 6.60. The van der Waals surface area contributed by atoms with Crippen LogP contribution in [0.3, 0.4) is 0 Å². The molecule has 0 saturated heterocycles. The van der Waals surface area contributed by atoms with Crippen molar-refractivity contribution in [3.8, 4) is 5.69 Å². The Labute approximate surface area is 127 Å². The summed E-state index contributed by atoms with van der Waals surface area (Å²) in [4.78, 5) is 15.8. The molecule has 22 heavy (non-hydrogen) atoms. The molecule has 0 atom stereocenters. The van der Waals surface area contributed by atoms with Crippen LogP contribution in [0.15, 0.2) is 53.3 Å². The second-order valence-electron chi connectivity index (χ2n) is 4.57. The number of alkyl halides is 3. The van der Waals surface area contributed by atoms with Crippen LogP contribution >= 0.6 is 11.6 Å². The van der Waals surface area contributed by atoms with Crippen molar-refractivity contribution in [3.05, 3.63) is 69.6 Å². The topological polar surface area (TPSA) is 34.9 Å². The molecule has 3 nitrogen and oxygen atoms in total. The molecule has 7 heteroatoms. The molecule has 0 amide bonds. The van der Waals surface area contributed by atoms with Crippen molar-refractivity contribution in [2.75, 3.05) is 0 Å². The minimum Gasteiger partial charge on any atom is -0.269 e. The van der Waals surface area contributed by atoms with Crippen LogP contribution in [0.4, 0.5) is 13.2 Å². The number of fused-ring (bicyclic) bond motifs is 1. The van der Waals surface area contributed by atoms with E-state index < -0.39 is 17.4 Å². The van der Waals surface area contributed by atoms with Crippen LogP contribution in [-0.4, -0.2) is 9.55 Å².